The molecule has 31 heavy (non-hydrogen) atoms. The van der Waals surface area contributed by atoms with E-state index >= 15 is 0 Å². The summed E-state index contributed by atoms with van der Waals surface area (Å²) >= 11 is 1.63. The average molecular weight is 431 g/mol. The van der Waals surface area contributed by atoms with Crippen LogP contribution in [-0.4, -0.2) is 20.4 Å². The zero-order chi connectivity index (χ0) is 21.8. The minimum atomic E-state index is -0.403. The molecule has 2 heterocycles. The van der Waals surface area contributed by atoms with Gasteiger partial charge in [0, 0.05) is 17.6 Å². The molecule has 0 aliphatic rings. The number of carbonyl (C=O) groups is 1. The van der Waals surface area contributed by atoms with Crippen molar-refractivity contribution in [3.63, 3.8) is 0 Å². The second-order valence-electron chi connectivity index (χ2n) is 7.61. The molecule has 1 atom stereocenters. The lowest BCUT2D eigenvalue weighted by molar-refractivity contribution is -0.119. The summed E-state index contributed by atoms with van der Waals surface area (Å²) in [5.41, 5.74) is 5.87. The number of rotatable bonds is 7. The predicted molar refractivity (Wildman–Crippen MR) is 127 cm³/mol. The number of amides is 1. The fourth-order valence-electron chi connectivity index (χ4n) is 3.54. The quantitative estimate of drug-likeness (QED) is 0.369. The summed E-state index contributed by atoms with van der Waals surface area (Å²) in [6.07, 6.45) is 2.39. The molecule has 0 aliphatic heterocycles. The van der Waals surface area contributed by atoms with E-state index in [4.69, 9.17) is 4.98 Å². The number of benzene rings is 2. The van der Waals surface area contributed by atoms with Crippen molar-refractivity contribution in [1.29, 1.82) is 0 Å². The number of hydrogen-bond acceptors (Lipinski definition) is 4. The van der Waals surface area contributed by atoms with Gasteiger partial charge in [-0.3, -0.25) is 9.36 Å². The Kier molecular flexibility index (Phi) is 6.37. The molecule has 2 aromatic carbocycles. The number of imidazole rings is 1. The minimum absolute atomic E-state index is 0.0565. The Morgan fingerprint density at radius 3 is 2.58 bits per heavy atom. The molecule has 0 aliphatic carbocycles. The van der Waals surface area contributed by atoms with Gasteiger partial charge in [-0.15, -0.1) is 0 Å². The van der Waals surface area contributed by atoms with Crippen LogP contribution in [-0.2, 0) is 10.5 Å². The van der Waals surface area contributed by atoms with Crippen LogP contribution in [0.5, 0.6) is 0 Å². The van der Waals surface area contributed by atoms with E-state index in [1.807, 2.05) is 54.8 Å². The highest BCUT2D eigenvalue weighted by Gasteiger charge is 2.25. The van der Waals surface area contributed by atoms with Crippen LogP contribution in [0.3, 0.4) is 0 Å². The highest BCUT2D eigenvalue weighted by Crippen LogP contribution is 2.31. The lowest BCUT2D eigenvalue weighted by Crippen LogP contribution is -2.26. The zero-order valence-corrected chi connectivity index (χ0v) is 18.8. The van der Waals surface area contributed by atoms with E-state index in [2.05, 4.69) is 41.5 Å². The van der Waals surface area contributed by atoms with Crippen molar-refractivity contribution in [1.82, 2.24) is 14.5 Å². The first kappa shape index (κ1) is 21.1. The number of anilines is 1. The molecular formula is C25H26N4OS. The van der Waals surface area contributed by atoms with E-state index in [0.717, 1.165) is 33.3 Å². The summed E-state index contributed by atoms with van der Waals surface area (Å²) in [5.74, 6) is 0.721. The Hall–Kier alpha value is -3.12. The third-order valence-electron chi connectivity index (χ3n) is 5.31. The molecule has 5 nitrogen and oxygen atoms in total. The summed E-state index contributed by atoms with van der Waals surface area (Å²) < 4.78 is 1.99. The van der Waals surface area contributed by atoms with Gasteiger partial charge in [0.15, 0.2) is 10.8 Å². The molecule has 4 aromatic rings. The van der Waals surface area contributed by atoms with Gasteiger partial charge in [-0.1, -0.05) is 66.7 Å². The second kappa shape index (κ2) is 9.35. The maximum atomic E-state index is 13.3. The van der Waals surface area contributed by atoms with E-state index in [1.54, 1.807) is 18.0 Å². The van der Waals surface area contributed by atoms with Crippen molar-refractivity contribution < 1.29 is 4.79 Å². The van der Waals surface area contributed by atoms with Gasteiger partial charge in [0.1, 0.15) is 11.6 Å². The van der Waals surface area contributed by atoms with Crippen molar-refractivity contribution in [3.8, 4) is 0 Å². The van der Waals surface area contributed by atoms with Crippen LogP contribution in [0, 0.1) is 13.8 Å². The van der Waals surface area contributed by atoms with Gasteiger partial charge in [-0.2, -0.15) is 0 Å². The number of fused-ring (bicyclic) bond motifs is 1. The van der Waals surface area contributed by atoms with Gasteiger partial charge >= 0.3 is 0 Å². The molecule has 158 valence electrons. The van der Waals surface area contributed by atoms with Crippen molar-refractivity contribution in [2.24, 2.45) is 0 Å². The third kappa shape index (κ3) is 4.64. The highest BCUT2D eigenvalue weighted by molar-refractivity contribution is 7.98. The topological polar surface area (TPSA) is 59.8 Å². The largest absolute Gasteiger partial charge is 0.324 e. The normalized spacial score (nSPS) is 12.1. The summed E-state index contributed by atoms with van der Waals surface area (Å²) in [6, 6.07) is 19.7. The molecule has 0 fully saturated rings. The molecule has 0 bridgehead atoms. The minimum Gasteiger partial charge on any atom is -0.324 e. The highest BCUT2D eigenvalue weighted by atomic mass is 32.2. The number of para-hydroxylation sites is 1. The summed E-state index contributed by atoms with van der Waals surface area (Å²) in [6.45, 7) is 6.10. The monoisotopic (exact) mass is 430 g/mol. The molecule has 2 aromatic heterocycles. The van der Waals surface area contributed by atoms with Crippen LogP contribution in [0.4, 0.5) is 5.69 Å². The van der Waals surface area contributed by atoms with Gasteiger partial charge in [0.2, 0.25) is 5.91 Å². The lowest BCUT2D eigenvalue weighted by atomic mass is 10.1. The summed E-state index contributed by atoms with van der Waals surface area (Å²) in [4.78, 5) is 22.7. The molecule has 0 radical (unpaired) electrons. The van der Waals surface area contributed by atoms with Crippen LogP contribution in [0.1, 0.15) is 36.1 Å². The zero-order valence-electron chi connectivity index (χ0n) is 18.0. The van der Waals surface area contributed by atoms with Crippen molar-refractivity contribution in [3.05, 3.63) is 83.6 Å². The van der Waals surface area contributed by atoms with E-state index < -0.39 is 6.04 Å². The summed E-state index contributed by atoms with van der Waals surface area (Å²) in [7, 11) is 0. The molecule has 0 spiro atoms. The van der Waals surface area contributed by atoms with Gasteiger partial charge in [0.05, 0.1) is 0 Å². The van der Waals surface area contributed by atoms with Gasteiger partial charge in [0.25, 0.3) is 0 Å². The standard InChI is InChI=1S/C25H26N4OS/c1-4-22(24(30)27-20-9-6-5-8-18(20)3)29-23-21(10-7-15-26-23)28-25(29)31-16-19-13-11-17(2)12-14-19/h5-15,22H,4,16H2,1-3H3,(H,27,30)/t22-/m1/s1. The van der Waals surface area contributed by atoms with E-state index in [1.165, 1.54) is 11.1 Å². The number of pyridine rings is 1. The Labute approximate surface area is 186 Å². The molecule has 1 N–H and O–H groups in total. The smallest absolute Gasteiger partial charge is 0.247 e. The number of aryl methyl sites for hydroxylation is 2. The predicted octanol–water partition coefficient (Wildman–Crippen LogP) is 5.93. The van der Waals surface area contributed by atoms with Gasteiger partial charge in [-0.25, -0.2) is 9.97 Å². The van der Waals surface area contributed by atoms with Gasteiger partial charge < -0.3 is 5.32 Å². The molecule has 0 saturated carbocycles. The van der Waals surface area contributed by atoms with Crippen LogP contribution < -0.4 is 5.32 Å². The lowest BCUT2D eigenvalue weighted by Gasteiger charge is -2.20. The van der Waals surface area contributed by atoms with E-state index in [-0.39, 0.29) is 5.91 Å². The Balaban J connectivity index is 1.66. The SMILES string of the molecule is CC[C@H](C(=O)Nc1ccccc1C)n1c(SCc2ccc(C)cc2)nc2cccnc21. The average Bonchev–Trinajstić information content (AvgIpc) is 3.14. The molecule has 1 amide bonds. The number of nitrogens with one attached hydrogen (secondary N) is 1. The van der Waals surface area contributed by atoms with Crippen LogP contribution in [0.25, 0.3) is 11.2 Å². The number of thioether (sulfide) groups is 1. The maximum Gasteiger partial charge on any atom is 0.247 e. The molecule has 4 rings (SSSR count). The van der Waals surface area contributed by atoms with Crippen molar-refractivity contribution in [2.45, 2.75) is 44.1 Å². The Morgan fingerprint density at radius 2 is 1.84 bits per heavy atom. The van der Waals surface area contributed by atoms with E-state index in [0.29, 0.717) is 6.42 Å². The maximum absolute atomic E-state index is 13.3. The number of carbonyl (C=O) groups excluding carboxylic acids is 1. The molecule has 0 saturated heterocycles. The molecule has 6 heteroatoms. The van der Waals surface area contributed by atoms with Crippen LogP contribution >= 0.6 is 11.8 Å². The fraction of sp³-hybridized carbons (Fsp3) is 0.240. The number of nitrogens with zero attached hydrogens (tertiary/aromatic N) is 3. The fourth-order valence-corrected chi connectivity index (χ4v) is 4.54. The number of hydrogen-bond donors (Lipinski definition) is 1. The first-order chi connectivity index (χ1) is 15.1. The van der Waals surface area contributed by atoms with Crippen LogP contribution in [0.15, 0.2) is 72.0 Å². The van der Waals surface area contributed by atoms with Crippen molar-refractivity contribution in [2.75, 3.05) is 5.32 Å². The summed E-state index contributed by atoms with van der Waals surface area (Å²) in [5, 5.41) is 3.90. The van der Waals surface area contributed by atoms with E-state index in [9.17, 15) is 4.79 Å². The Bertz CT molecular complexity index is 1200. The third-order valence-corrected chi connectivity index (χ3v) is 6.33. The van der Waals surface area contributed by atoms with Crippen LogP contribution in [0.2, 0.25) is 0 Å². The number of aromatic nitrogens is 3. The first-order valence-corrected chi connectivity index (χ1v) is 11.4. The molecular weight excluding hydrogens is 404 g/mol. The second-order valence-corrected chi connectivity index (χ2v) is 8.56. The molecule has 0 unspecified atom stereocenters. The van der Waals surface area contributed by atoms with Gasteiger partial charge in [-0.05, 0) is 49.6 Å². The van der Waals surface area contributed by atoms with Crippen molar-refractivity contribution >= 4 is 34.5 Å². The first-order valence-electron chi connectivity index (χ1n) is 10.4. The Morgan fingerprint density at radius 1 is 1.06 bits per heavy atom.